The zero-order valence-corrected chi connectivity index (χ0v) is 25.0. The van der Waals surface area contributed by atoms with Crippen molar-refractivity contribution in [2.75, 3.05) is 55.7 Å². The van der Waals surface area contributed by atoms with Crippen LogP contribution in [0.1, 0.15) is 39.3 Å². The molecule has 0 saturated carbocycles. The molecule has 3 N–H and O–H groups in total. The fourth-order valence-corrected chi connectivity index (χ4v) is 5.72. The zero-order chi connectivity index (χ0) is 30.5. The third-order valence-corrected chi connectivity index (χ3v) is 8.12. The van der Waals surface area contributed by atoms with Crippen molar-refractivity contribution in [3.8, 4) is 5.75 Å². The molecule has 0 bridgehead atoms. The van der Waals surface area contributed by atoms with Crippen LogP contribution in [0.5, 0.6) is 5.75 Å². The van der Waals surface area contributed by atoms with Gasteiger partial charge >= 0.3 is 18.2 Å². The molecular formula is C28H28BrN5O8. The van der Waals surface area contributed by atoms with E-state index in [0.29, 0.717) is 33.2 Å². The molecule has 0 saturated heterocycles. The van der Waals surface area contributed by atoms with Gasteiger partial charge in [-0.1, -0.05) is 15.9 Å². The second-order valence-electron chi connectivity index (χ2n) is 10.3. The summed E-state index contributed by atoms with van der Waals surface area (Å²) >= 11 is 3.51. The van der Waals surface area contributed by atoms with Gasteiger partial charge < -0.3 is 34.3 Å². The molecule has 2 atom stereocenters. The summed E-state index contributed by atoms with van der Waals surface area (Å²) in [5.74, 6) is -2.08. The summed E-state index contributed by atoms with van der Waals surface area (Å²) in [6, 6.07) is 8.27. The summed E-state index contributed by atoms with van der Waals surface area (Å²) in [7, 11) is 5.45. The number of alkyl halides is 1. The normalized spacial score (nSPS) is 18.7. The highest BCUT2D eigenvalue weighted by molar-refractivity contribution is 9.09. The lowest BCUT2D eigenvalue weighted by Crippen LogP contribution is -2.47. The number of anilines is 3. The van der Waals surface area contributed by atoms with Crippen molar-refractivity contribution >= 4 is 73.7 Å². The van der Waals surface area contributed by atoms with Crippen LogP contribution in [0.3, 0.4) is 0 Å². The quantitative estimate of drug-likeness (QED) is 0.212. The largest absolute Gasteiger partial charge is 0.467 e. The van der Waals surface area contributed by atoms with E-state index in [4.69, 9.17) is 9.47 Å². The number of carbonyl (C=O) groups excluding carboxylic acids is 5. The van der Waals surface area contributed by atoms with E-state index in [1.165, 1.54) is 51.1 Å². The molecular weight excluding hydrogens is 614 g/mol. The molecule has 5 rings (SSSR count). The van der Waals surface area contributed by atoms with E-state index < -0.39 is 35.4 Å². The first-order valence-corrected chi connectivity index (χ1v) is 13.9. The highest BCUT2D eigenvalue weighted by atomic mass is 79.9. The number of carbonyl (C=O) groups is 5. The number of H-pyrrole nitrogens is 1. The molecule has 3 aromatic rings. The number of fused-ring (bicyclic) bond motifs is 4. The topological polar surface area (TPSA) is 159 Å². The van der Waals surface area contributed by atoms with E-state index in [1.54, 1.807) is 24.3 Å². The van der Waals surface area contributed by atoms with E-state index in [0.717, 1.165) is 0 Å². The lowest BCUT2D eigenvalue weighted by molar-refractivity contribution is -0.143. The van der Waals surface area contributed by atoms with E-state index >= 15 is 0 Å². The van der Waals surface area contributed by atoms with Gasteiger partial charge in [-0.3, -0.25) is 14.9 Å². The number of hydrogen-bond donors (Lipinski definition) is 3. The molecule has 3 amide bonds. The van der Waals surface area contributed by atoms with Gasteiger partial charge in [0.05, 0.1) is 31.2 Å². The second-order valence-corrected chi connectivity index (χ2v) is 10.9. The van der Waals surface area contributed by atoms with Gasteiger partial charge in [0, 0.05) is 54.5 Å². The Kier molecular flexibility index (Phi) is 7.35. The lowest BCUT2D eigenvalue weighted by Gasteiger charge is -2.21. The van der Waals surface area contributed by atoms with E-state index in [1.807, 2.05) is 0 Å². The van der Waals surface area contributed by atoms with Crippen LogP contribution in [0.2, 0.25) is 0 Å². The molecule has 2 aromatic carbocycles. The van der Waals surface area contributed by atoms with Crippen molar-refractivity contribution in [3.63, 3.8) is 0 Å². The Morgan fingerprint density at radius 2 is 1.88 bits per heavy atom. The van der Waals surface area contributed by atoms with Gasteiger partial charge in [0.2, 0.25) is 5.78 Å². The zero-order valence-electron chi connectivity index (χ0n) is 23.4. The van der Waals surface area contributed by atoms with Crippen molar-refractivity contribution in [1.82, 2.24) is 9.88 Å². The molecule has 0 radical (unpaired) electrons. The van der Waals surface area contributed by atoms with E-state index in [2.05, 4.69) is 36.3 Å². The van der Waals surface area contributed by atoms with Crippen molar-refractivity contribution in [3.05, 3.63) is 47.2 Å². The summed E-state index contributed by atoms with van der Waals surface area (Å²) in [6.07, 6.45) is -1.33. The molecule has 2 aliphatic heterocycles. The van der Waals surface area contributed by atoms with Crippen LogP contribution in [-0.2, 0) is 14.3 Å². The number of rotatable bonds is 5. The molecule has 0 fully saturated rings. The van der Waals surface area contributed by atoms with Gasteiger partial charge in [0.25, 0.3) is 5.91 Å². The molecule has 220 valence electrons. The Morgan fingerprint density at radius 3 is 2.52 bits per heavy atom. The minimum Gasteiger partial charge on any atom is -0.467 e. The SMILES string of the molecule is COC(=O)Nc1ccc2[nH]c(C(=O)N3C[C@@H](CBr)c4c3cc(OC(=O)N(C)C)c3c4C(=O)[C@](C)(C(=O)OC)N3)cc2c1. The molecule has 0 unspecified atom stereocenters. The number of methoxy groups -OCH3 is 2. The van der Waals surface area contributed by atoms with Gasteiger partial charge in [-0.25, -0.2) is 14.4 Å². The number of esters is 1. The Balaban J connectivity index is 1.61. The van der Waals surface area contributed by atoms with E-state index in [9.17, 15) is 24.0 Å². The first-order chi connectivity index (χ1) is 19.9. The van der Waals surface area contributed by atoms with Crippen molar-refractivity contribution in [2.24, 2.45) is 0 Å². The predicted octanol–water partition coefficient (Wildman–Crippen LogP) is 4.09. The van der Waals surface area contributed by atoms with Gasteiger partial charge in [0.1, 0.15) is 5.69 Å². The highest BCUT2D eigenvalue weighted by Gasteiger charge is 2.53. The third kappa shape index (κ3) is 4.61. The number of Topliss-reactive ketones (excluding diaryl/α,β-unsaturated/α-hetero) is 1. The maximum atomic E-state index is 14.0. The van der Waals surface area contributed by atoms with Crippen LogP contribution < -0.4 is 20.3 Å². The third-order valence-electron chi connectivity index (χ3n) is 7.34. The van der Waals surface area contributed by atoms with Crippen LogP contribution in [-0.4, -0.2) is 85.5 Å². The number of halogens is 1. The lowest BCUT2D eigenvalue weighted by atomic mass is 9.89. The number of nitrogens with zero attached hydrogens (tertiary/aromatic N) is 2. The van der Waals surface area contributed by atoms with Gasteiger partial charge in [0.15, 0.2) is 11.3 Å². The number of nitrogens with one attached hydrogen (secondary N) is 3. The smallest absolute Gasteiger partial charge is 0.414 e. The fraction of sp³-hybridized carbons (Fsp3) is 0.321. The summed E-state index contributed by atoms with van der Waals surface area (Å²) < 4.78 is 15.2. The Bertz CT molecular complexity index is 1670. The molecule has 2 aliphatic rings. The van der Waals surface area contributed by atoms with Crippen LogP contribution >= 0.6 is 15.9 Å². The standard InChI is InChI=1S/C28H28BrN5O8/c1-28(25(37)40-4)23(35)21-20-14(11-29)12-34(18(20)10-19(22(21)32-28)42-27(39)33(2)3)24(36)17-9-13-8-15(30-26(38)41-5)6-7-16(13)31-17/h6-10,14,31-32H,11-12H2,1-5H3,(H,30,38)/t14-,28-/m1/s1. The number of ketones is 1. The second kappa shape index (κ2) is 10.7. The van der Waals surface area contributed by atoms with E-state index in [-0.39, 0.29) is 35.2 Å². The van der Waals surface area contributed by atoms with Crippen molar-refractivity contribution in [2.45, 2.75) is 18.4 Å². The maximum absolute atomic E-state index is 14.0. The first-order valence-electron chi connectivity index (χ1n) is 12.8. The van der Waals surface area contributed by atoms with Crippen LogP contribution in [0, 0.1) is 0 Å². The first kappa shape index (κ1) is 28.9. The Hall–Kier alpha value is -4.59. The summed E-state index contributed by atoms with van der Waals surface area (Å²) in [4.78, 5) is 70.5. The molecule has 0 aliphatic carbocycles. The number of hydrogen-bond acceptors (Lipinski definition) is 9. The van der Waals surface area contributed by atoms with Crippen LogP contribution in [0.25, 0.3) is 10.9 Å². The van der Waals surface area contributed by atoms with Crippen molar-refractivity contribution in [1.29, 1.82) is 0 Å². The summed E-state index contributed by atoms with van der Waals surface area (Å²) in [5.41, 5.74) is 0.917. The molecule has 13 nitrogen and oxygen atoms in total. The summed E-state index contributed by atoms with van der Waals surface area (Å²) in [6.45, 7) is 1.61. The van der Waals surface area contributed by atoms with Crippen LogP contribution in [0.15, 0.2) is 30.3 Å². The predicted molar refractivity (Wildman–Crippen MR) is 157 cm³/mol. The number of amides is 3. The number of benzene rings is 2. The number of ether oxygens (including phenoxy) is 3. The molecule has 42 heavy (non-hydrogen) atoms. The molecule has 14 heteroatoms. The average molecular weight is 642 g/mol. The van der Waals surface area contributed by atoms with Crippen LogP contribution in [0.4, 0.5) is 26.7 Å². The monoisotopic (exact) mass is 641 g/mol. The van der Waals surface area contributed by atoms with Gasteiger partial charge in [-0.2, -0.15) is 0 Å². The maximum Gasteiger partial charge on any atom is 0.414 e. The van der Waals surface area contributed by atoms with Gasteiger partial charge in [-0.05, 0) is 36.8 Å². The highest BCUT2D eigenvalue weighted by Crippen LogP contribution is 2.51. The molecule has 3 heterocycles. The van der Waals surface area contributed by atoms with Gasteiger partial charge in [-0.15, -0.1) is 0 Å². The fourth-order valence-electron chi connectivity index (χ4n) is 5.20. The minimum atomic E-state index is -1.76. The summed E-state index contributed by atoms with van der Waals surface area (Å²) in [5, 5.41) is 6.60. The minimum absolute atomic E-state index is 0.00776. The Morgan fingerprint density at radius 1 is 1.14 bits per heavy atom. The average Bonchev–Trinajstić information content (AvgIpc) is 3.64. The number of aromatic amines is 1. The molecule has 0 spiro atoms. The molecule has 1 aromatic heterocycles. The van der Waals surface area contributed by atoms with Crippen molar-refractivity contribution < 1.29 is 38.2 Å². The Labute approximate surface area is 248 Å². The number of aromatic nitrogens is 1.